The van der Waals surface area contributed by atoms with Crippen LogP contribution in [0.15, 0.2) is 49.1 Å². The largest absolute Gasteiger partial charge is 0.347 e. The van der Waals surface area contributed by atoms with Crippen molar-refractivity contribution in [1.29, 1.82) is 0 Å². The molecule has 5 rings (SSSR count). The Balaban J connectivity index is 1.22. The second-order valence-corrected chi connectivity index (χ2v) is 12.3. The summed E-state index contributed by atoms with van der Waals surface area (Å²) < 4.78 is 2.05. The van der Waals surface area contributed by atoms with Gasteiger partial charge in [0, 0.05) is 29.9 Å². The maximum absolute atomic E-state index is 12.7. The molecule has 4 heterocycles. The van der Waals surface area contributed by atoms with Gasteiger partial charge in [-0.05, 0) is 63.2 Å². The number of hydrogen-bond donors (Lipinski definition) is 2. The molecule has 0 aliphatic carbocycles. The highest BCUT2D eigenvalue weighted by molar-refractivity contribution is 7.13. The minimum Gasteiger partial charge on any atom is -0.347 e. The van der Waals surface area contributed by atoms with Crippen LogP contribution in [-0.2, 0) is 12.0 Å². The van der Waals surface area contributed by atoms with E-state index in [1.165, 1.54) is 11.3 Å². The molecule has 1 amide bonds. The fraction of sp³-hybridized carbons (Fsp3) is 0.414. The number of likely N-dealkylation sites (tertiary alicyclic amines) is 1. The molecule has 9 nitrogen and oxygen atoms in total. The number of amides is 1. The second-order valence-electron chi connectivity index (χ2n) is 11.2. The van der Waals surface area contributed by atoms with Gasteiger partial charge in [-0.15, -0.1) is 11.3 Å². The maximum atomic E-state index is 12.7. The summed E-state index contributed by atoms with van der Waals surface area (Å²) in [5, 5.41) is 11.9. The first-order valence-corrected chi connectivity index (χ1v) is 14.1. The van der Waals surface area contributed by atoms with Crippen LogP contribution in [0.25, 0.3) is 11.3 Å². The molecule has 3 aromatic heterocycles. The van der Waals surface area contributed by atoms with E-state index in [-0.39, 0.29) is 11.3 Å². The highest BCUT2D eigenvalue weighted by Gasteiger charge is 2.21. The van der Waals surface area contributed by atoms with Crippen molar-refractivity contribution in [2.45, 2.75) is 58.5 Å². The lowest BCUT2D eigenvalue weighted by Crippen LogP contribution is -2.31. The third kappa shape index (κ3) is 6.51. The van der Waals surface area contributed by atoms with Crippen molar-refractivity contribution in [3.05, 3.63) is 70.1 Å². The number of nitrogens with one attached hydrogen (secondary N) is 2. The Bertz CT molecular complexity index is 1450. The number of benzene rings is 1. The van der Waals surface area contributed by atoms with Crippen molar-refractivity contribution < 1.29 is 4.79 Å². The molecule has 4 aromatic rings. The minimum atomic E-state index is -0.0999. The molecule has 0 bridgehead atoms. The molecule has 1 aliphatic heterocycles. The zero-order valence-corrected chi connectivity index (χ0v) is 24.0. The van der Waals surface area contributed by atoms with E-state index in [2.05, 4.69) is 69.2 Å². The number of hydrogen-bond acceptors (Lipinski definition) is 8. The van der Waals surface area contributed by atoms with E-state index in [1.54, 1.807) is 12.4 Å². The lowest BCUT2D eigenvalue weighted by atomic mass is 9.98. The number of piperidine rings is 1. The van der Waals surface area contributed by atoms with E-state index in [9.17, 15) is 4.79 Å². The number of carbonyl (C=O) groups excluding carboxylic acids is 1. The zero-order chi connectivity index (χ0) is 27.6. The van der Waals surface area contributed by atoms with Crippen LogP contribution in [0.4, 0.5) is 11.6 Å². The highest BCUT2D eigenvalue weighted by Crippen LogP contribution is 2.27. The summed E-state index contributed by atoms with van der Waals surface area (Å²) in [5.74, 6) is 0.431. The normalized spacial score (nSPS) is 14.9. The molecular weight excluding hydrogens is 508 g/mol. The molecule has 1 fully saturated rings. The van der Waals surface area contributed by atoms with Gasteiger partial charge >= 0.3 is 0 Å². The van der Waals surface area contributed by atoms with Gasteiger partial charge in [0.05, 0.1) is 34.8 Å². The van der Waals surface area contributed by atoms with E-state index >= 15 is 0 Å². The summed E-state index contributed by atoms with van der Waals surface area (Å²) in [6, 6.07) is 8.50. The van der Waals surface area contributed by atoms with Crippen LogP contribution in [0.5, 0.6) is 0 Å². The topological polar surface area (TPSA) is 101 Å². The molecule has 1 aliphatic rings. The minimum absolute atomic E-state index is 0.0690. The van der Waals surface area contributed by atoms with Crippen LogP contribution in [0.1, 0.15) is 65.5 Å². The SMILES string of the molecule is Cc1cc(-c2ccnc(Nc3cnn(C4CCN(C)CC4)c3)n2)ccc1CNC(=O)c1cnc(C(C)(C)C)s1. The number of anilines is 2. The quantitative estimate of drug-likeness (QED) is 0.324. The van der Waals surface area contributed by atoms with Gasteiger partial charge < -0.3 is 15.5 Å². The predicted octanol–water partition coefficient (Wildman–Crippen LogP) is 5.34. The fourth-order valence-corrected chi connectivity index (χ4v) is 5.50. The van der Waals surface area contributed by atoms with Gasteiger partial charge in [0.25, 0.3) is 5.91 Å². The molecule has 39 heavy (non-hydrogen) atoms. The Morgan fingerprint density at radius 2 is 1.92 bits per heavy atom. The Morgan fingerprint density at radius 3 is 2.64 bits per heavy atom. The molecule has 0 radical (unpaired) electrons. The number of nitrogens with zero attached hydrogens (tertiary/aromatic N) is 6. The fourth-order valence-electron chi connectivity index (χ4n) is 4.61. The van der Waals surface area contributed by atoms with Crippen LogP contribution in [-0.4, -0.2) is 55.7 Å². The summed E-state index contributed by atoms with van der Waals surface area (Å²) in [6.45, 7) is 11.0. The monoisotopic (exact) mass is 544 g/mol. The van der Waals surface area contributed by atoms with Crippen LogP contribution < -0.4 is 10.6 Å². The maximum Gasteiger partial charge on any atom is 0.263 e. The predicted molar refractivity (Wildman–Crippen MR) is 155 cm³/mol. The number of aryl methyl sites for hydroxylation is 1. The van der Waals surface area contributed by atoms with Crippen LogP contribution in [0.2, 0.25) is 0 Å². The first-order chi connectivity index (χ1) is 18.7. The Morgan fingerprint density at radius 1 is 1.13 bits per heavy atom. The van der Waals surface area contributed by atoms with Crippen molar-refractivity contribution in [3.63, 3.8) is 0 Å². The molecule has 1 aromatic carbocycles. The Hall–Kier alpha value is -3.63. The van der Waals surface area contributed by atoms with Crippen molar-refractivity contribution in [2.75, 3.05) is 25.5 Å². The van der Waals surface area contributed by atoms with Gasteiger partial charge in [0.2, 0.25) is 5.95 Å². The Labute approximate surface area is 233 Å². The first-order valence-electron chi connectivity index (χ1n) is 13.3. The zero-order valence-electron chi connectivity index (χ0n) is 23.2. The second kappa shape index (κ2) is 11.2. The molecular formula is C29H36N8OS. The first kappa shape index (κ1) is 27.0. The van der Waals surface area contributed by atoms with Crippen molar-refractivity contribution in [3.8, 4) is 11.3 Å². The summed E-state index contributed by atoms with van der Waals surface area (Å²) in [7, 11) is 2.16. The molecule has 2 N–H and O–H groups in total. The van der Waals surface area contributed by atoms with Crippen molar-refractivity contribution in [1.82, 2.24) is 34.9 Å². The van der Waals surface area contributed by atoms with E-state index < -0.39 is 0 Å². The molecule has 0 atom stereocenters. The van der Waals surface area contributed by atoms with Gasteiger partial charge in [-0.3, -0.25) is 9.48 Å². The molecule has 0 spiro atoms. The lowest BCUT2D eigenvalue weighted by molar-refractivity contribution is 0.0954. The van der Waals surface area contributed by atoms with Gasteiger partial charge in [-0.25, -0.2) is 15.0 Å². The molecule has 1 saturated heterocycles. The van der Waals surface area contributed by atoms with Crippen LogP contribution >= 0.6 is 11.3 Å². The summed E-state index contributed by atoms with van der Waals surface area (Å²) >= 11 is 1.45. The average Bonchev–Trinajstić information content (AvgIpc) is 3.59. The Kier molecular flexibility index (Phi) is 7.76. The third-order valence-corrected chi connectivity index (χ3v) is 8.45. The summed E-state index contributed by atoms with van der Waals surface area (Å²) in [4.78, 5) is 29.2. The summed E-state index contributed by atoms with van der Waals surface area (Å²) in [6.07, 6.45) is 9.50. The van der Waals surface area contributed by atoms with E-state index in [1.807, 2.05) is 37.5 Å². The van der Waals surface area contributed by atoms with Crippen molar-refractivity contribution >= 4 is 28.9 Å². The lowest BCUT2D eigenvalue weighted by Gasteiger charge is -2.28. The molecule has 0 unspecified atom stereocenters. The average molecular weight is 545 g/mol. The van der Waals surface area contributed by atoms with Gasteiger partial charge in [0.15, 0.2) is 0 Å². The van der Waals surface area contributed by atoms with E-state index in [0.29, 0.717) is 23.4 Å². The number of thiazole rings is 1. The van der Waals surface area contributed by atoms with Gasteiger partial charge in [-0.2, -0.15) is 5.10 Å². The van der Waals surface area contributed by atoms with Crippen LogP contribution in [0.3, 0.4) is 0 Å². The molecule has 10 heteroatoms. The molecule has 0 saturated carbocycles. The summed E-state index contributed by atoms with van der Waals surface area (Å²) in [5.41, 5.74) is 4.77. The number of rotatable bonds is 7. The standard InChI is InChI=1S/C29H36N8OS/c1-19-14-20(6-7-21(19)15-31-26(38)25-17-32-27(39-25)29(2,3)4)24-8-11-30-28(35-24)34-22-16-33-37(18-22)23-9-12-36(5)13-10-23/h6-8,11,14,16-18,23H,9-10,12-13,15H2,1-5H3,(H,31,38)(H,30,34,35). The van der Waals surface area contributed by atoms with Crippen molar-refractivity contribution in [2.24, 2.45) is 0 Å². The molecule has 204 valence electrons. The van der Waals surface area contributed by atoms with E-state index in [0.717, 1.165) is 59.0 Å². The van der Waals surface area contributed by atoms with E-state index in [4.69, 9.17) is 4.98 Å². The number of aromatic nitrogens is 5. The highest BCUT2D eigenvalue weighted by atomic mass is 32.1. The van der Waals surface area contributed by atoms with Gasteiger partial charge in [0.1, 0.15) is 4.88 Å². The smallest absolute Gasteiger partial charge is 0.263 e. The van der Waals surface area contributed by atoms with Crippen LogP contribution in [0, 0.1) is 6.92 Å². The van der Waals surface area contributed by atoms with Gasteiger partial charge in [-0.1, -0.05) is 32.9 Å². The number of carbonyl (C=O) groups is 1. The third-order valence-electron chi connectivity index (χ3n) is 7.02.